The van der Waals surface area contributed by atoms with Crippen molar-refractivity contribution < 1.29 is 26.7 Å². The molecule has 1 N–H and O–H groups in total. The third-order valence-electron chi connectivity index (χ3n) is 6.39. The van der Waals surface area contributed by atoms with Gasteiger partial charge in [0.2, 0.25) is 11.8 Å². The van der Waals surface area contributed by atoms with E-state index in [0.717, 1.165) is 11.6 Å². The molecule has 0 unspecified atom stereocenters. The normalized spacial score (nSPS) is 19.6. The van der Waals surface area contributed by atoms with Gasteiger partial charge in [-0.05, 0) is 44.2 Å². The van der Waals surface area contributed by atoms with Crippen molar-refractivity contribution in [2.75, 3.05) is 32.6 Å². The number of likely N-dealkylation sites (tertiary alicyclic amines) is 1. The Morgan fingerprint density at radius 1 is 1.22 bits per heavy atom. The molecule has 3 aromatic heterocycles. The number of rotatable bonds is 5. The molecular weight excluding hydrogens is 487 g/mol. The van der Waals surface area contributed by atoms with Crippen LogP contribution < -0.4 is 10.1 Å². The topological polar surface area (TPSA) is 85.4 Å². The van der Waals surface area contributed by atoms with Gasteiger partial charge in [0.05, 0.1) is 25.2 Å². The Hall–Kier alpha value is -3.55. The predicted molar refractivity (Wildman–Crippen MR) is 121 cm³/mol. The summed E-state index contributed by atoms with van der Waals surface area (Å²) in [5.41, 5.74) is 2.09. The molecule has 4 aromatic rings. The first-order valence-corrected chi connectivity index (χ1v) is 11.2. The standard InChI is InChI=1S/C22H23F5N8O/c1-12(22(25,26)27)35-16-10-13(4-5-15(16)30-32-35)14-6-9-34-18(14)19(36-3)29-20(31-34)28-17-7-8-33(2)11-21(17,23)24/h4-6,9-10,12,17H,7-8,11H2,1-3H3,(H,28,31)/t12-,17-/m1/s1. The number of halogens is 5. The van der Waals surface area contributed by atoms with E-state index in [1.54, 1.807) is 42.4 Å². The number of methoxy groups -OCH3 is 1. The highest BCUT2D eigenvalue weighted by Gasteiger charge is 2.44. The number of nitrogens with zero attached hydrogens (tertiary/aromatic N) is 7. The second-order valence-corrected chi connectivity index (χ2v) is 8.91. The molecule has 1 saturated heterocycles. The predicted octanol–water partition coefficient (Wildman–Crippen LogP) is 4.02. The second-order valence-electron chi connectivity index (χ2n) is 8.91. The van der Waals surface area contributed by atoms with Gasteiger partial charge in [-0.2, -0.15) is 18.2 Å². The quantitative estimate of drug-likeness (QED) is 0.406. The van der Waals surface area contributed by atoms with Gasteiger partial charge in [0.1, 0.15) is 17.1 Å². The SMILES string of the molecule is COc1nc(N[C@@H]2CCN(C)CC2(F)F)nn2ccc(-c3ccc4nnn([C@H](C)C(F)(F)F)c4c3)c12. The molecular formula is C22H23F5N8O. The molecule has 0 amide bonds. The van der Waals surface area contributed by atoms with Gasteiger partial charge in [0.15, 0.2) is 0 Å². The van der Waals surface area contributed by atoms with Gasteiger partial charge in [-0.3, -0.25) is 0 Å². The number of piperidine rings is 1. The summed E-state index contributed by atoms with van der Waals surface area (Å²) in [5, 5.41) is 14.6. The summed E-state index contributed by atoms with van der Waals surface area (Å²) in [7, 11) is 3.03. The number of alkyl halides is 5. The zero-order valence-corrected chi connectivity index (χ0v) is 19.6. The van der Waals surface area contributed by atoms with E-state index in [9.17, 15) is 22.0 Å². The van der Waals surface area contributed by atoms with Crippen LogP contribution in [0.4, 0.5) is 27.9 Å². The molecule has 1 aromatic carbocycles. The summed E-state index contributed by atoms with van der Waals surface area (Å²) in [6.07, 6.45) is -2.68. The number of nitrogens with one attached hydrogen (secondary N) is 1. The zero-order chi connectivity index (χ0) is 25.8. The van der Waals surface area contributed by atoms with Crippen LogP contribution in [0.25, 0.3) is 27.7 Å². The average molecular weight is 510 g/mol. The summed E-state index contributed by atoms with van der Waals surface area (Å²) in [6.45, 7) is 1.13. The molecule has 192 valence electrons. The van der Waals surface area contributed by atoms with Gasteiger partial charge in [-0.25, -0.2) is 18.0 Å². The smallest absolute Gasteiger partial charge is 0.410 e. The first kappa shape index (κ1) is 24.2. The summed E-state index contributed by atoms with van der Waals surface area (Å²) in [6, 6.07) is 3.51. The van der Waals surface area contributed by atoms with Crippen LogP contribution in [-0.2, 0) is 0 Å². The van der Waals surface area contributed by atoms with Crippen molar-refractivity contribution in [1.82, 2.24) is 34.5 Å². The maximum atomic E-state index is 14.5. The minimum atomic E-state index is -4.50. The fraction of sp³-hybridized carbons (Fsp3) is 0.455. The van der Waals surface area contributed by atoms with E-state index in [1.165, 1.54) is 11.6 Å². The van der Waals surface area contributed by atoms with Gasteiger partial charge < -0.3 is 15.0 Å². The highest BCUT2D eigenvalue weighted by Crippen LogP contribution is 2.36. The molecule has 0 saturated carbocycles. The molecule has 2 atom stereocenters. The van der Waals surface area contributed by atoms with Crippen LogP contribution in [0, 0.1) is 0 Å². The van der Waals surface area contributed by atoms with E-state index in [-0.39, 0.29) is 30.3 Å². The first-order chi connectivity index (χ1) is 17.0. The summed E-state index contributed by atoms with van der Waals surface area (Å²) >= 11 is 0. The highest BCUT2D eigenvalue weighted by atomic mass is 19.4. The fourth-order valence-electron chi connectivity index (χ4n) is 4.40. The van der Waals surface area contributed by atoms with Crippen LogP contribution in [0.2, 0.25) is 0 Å². The third-order valence-corrected chi connectivity index (χ3v) is 6.39. The van der Waals surface area contributed by atoms with Gasteiger partial charge >= 0.3 is 6.18 Å². The second kappa shape index (κ2) is 8.54. The fourth-order valence-corrected chi connectivity index (χ4v) is 4.40. The van der Waals surface area contributed by atoms with Gasteiger partial charge in [-0.15, -0.1) is 10.2 Å². The summed E-state index contributed by atoms with van der Waals surface area (Å²) < 4.78 is 76.7. The van der Waals surface area contributed by atoms with Crippen molar-refractivity contribution in [2.45, 2.75) is 37.5 Å². The monoisotopic (exact) mass is 510 g/mol. The highest BCUT2D eigenvalue weighted by molar-refractivity contribution is 5.89. The van der Waals surface area contributed by atoms with E-state index in [0.29, 0.717) is 28.7 Å². The number of anilines is 1. The van der Waals surface area contributed by atoms with Crippen LogP contribution in [0.1, 0.15) is 19.4 Å². The van der Waals surface area contributed by atoms with Crippen LogP contribution in [0.3, 0.4) is 0 Å². The maximum Gasteiger partial charge on any atom is 0.410 e. The molecule has 36 heavy (non-hydrogen) atoms. The van der Waals surface area contributed by atoms with Gasteiger partial charge in [0.25, 0.3) is 5.92 Å². The Morgan fingerprint density at radius 3 is 2.69 bits per heavy atom. The number of hydrogen-bond donors (Lipinski definition) is 1. The Bertz CT molecular complexity index is 1410. The average Bonchev–Trinajstić information content (AvgIpc) is 3.42. The molecule has 1 aliphatic rings. The third kappa shape index (κ3) is 4.18. The van der Waals surface area contributed by atoms with Crippen LogP contribution >= 0.6 is 0 Å². The summed E-state index contributed by atoms with van der Waals surface area (Å²) in [5.74, 6) is -2.87. The molecule has 1 aliphatic heterocycles. The lowest BCUT2D eigenvalue weighted by Crippen LogP contribution is -2.53. The molecule has 4 heterocycles. The lowest BCUT2D eigenvalue weighted by Gasteiger charge is -2.36. The largest absolute Gasteiger partial charge is 0.479 e. The van der Waals surface area contributed by atoms with Crippen molar-refractivity contribution in [1.29, 1.82) is 0 Å². The minimum absolute atomic E-state index is 0.0209. The van der Waals surface area contributed by atoms with E-state index < -0.39 is 24.2 Å². The van der Waals surface area contributed by atoms with E-state index >= 15 is 0 Å². The van der Waals surface area contributed by atoms with Crippen molar-refractivity contribution >= 4 is 22.5 Å². The van der Waals surface area contributed by atoms with E-state index in [4.69, 9.17) is 4.74 Å². The zero-order valence-electron chi connectivity index (χ0n) is 19.6. The van der Waals surface area contributed by atoms with Gasteiger partial charge in [-0.1, -0.05) is 11.3 Å². The molecule has 0 radical (unpaired) electrons. The van der Waals surface area contributed by atoms with Crippen LogP contribution in [0.5, 0.6) is 5.88 Å². The Balaban J connectivity index is 1.53. The molecule has 5 rings (SSSR count). The lowest BCUT2D eigenvalue weighted by molar-refractivity contribution is -0.164. The minimum Gasteiger partial charge on any atom is -0.479 e. The van der Waals surface area contributed by atoms with Crippen molar-refractivity contribution in [3.63, 3.8) is 0 Å². The maximum absolute atomic E-state index is 14.5. The van der Waals surface area contributed by atoms with E-state index in [2.05, 4.69) is 25.7 Å². The Morgan fingerprint density at radius 2 is 2.00 bits per heavy atom. The van der Waals surface area contributed by atoms with Crippen molar-refractivity contribution in [2.24, 2.45) is 0 Å². The molecule has 9 nitrogen and oxygen atoms in total. The van der Waals surface area contributed by atoms with E-state index in [1.807, 2.05) is 0 Å². The van der Waals surface area contributed by atoms with Crippen LogP contribution in [0.15, 0.2) is 30.5 Å². The lowest BCUT2D eigenvalue weighted by atomic mass is 10.0. The Kier molecular flexibility index (Phi) is 5.73. The number of fused-ring (bicyclic) bond motifs is 2. The van der Waals surface area contributed by atoms with Crippen LogP contribution in [-0.4, -0.2) is 79.9 Å². The number of benzene rings is 1. The summed E-state index contributed by atoms with van der Waals surface area (Å²) in [4.78, 5) is 5.86. The molecule has 0 aliphatic carbocycles. The molecule has 0 bridgehead atoms. The number of ether oxygens (including phenoxy) is 1. The molecule has 0 spiro atoms. The van der Waals surface area contributed by atoms with Gasteiger partial charge in [0, 0.05) is 18.3 Å². The molecule has 14 heteroatoms. The number of hydrogen-bond acceptors (Lipinski definition) is 7. The molecule has 1 fully saturated rings. The Labute approximate surface area is 201 Å². The first-order valence-electron chi connectivity index (χ1n) is 11.2. The van der Waals surface area contributed by atoms with Crippen molar-refractivity contribution in [3.8, 4) is 17.0 Å². The van der Waals surface area contributed by atoms with Crippen molar-refractivity contribution in [3.05, 3.63) is 30.5 Å². The number of aromatic nitrogens is 6.